The predicted octanol–water partition coefficient (Wildman–Crippen LogP) is 7.29. The molecule has 2 aliphatic carbocycles. The summed E-state index contributed by atoms with van der Waals surface area (Å²) in [4.78, 5) is 58.4. The van der Waals surface area contributed by atoms with Crippen LogP contribution in [0.5, 0.6) is 5.75 Å². The first-order valence-electron chi connectivity index (χ1n) is 15.4. The first-order chi connectivity index (χ1) is 22.7. The summed E-state index contributed by atoms with van der Waals surface area (Å²) in [5.74, 6) is -1.27. The lowest BCUT2D eigenvalue weighted by molar-refractivity contribution is -0.123. The minimum absolute atomic E-state index is 0.0141. The Labute approximate surface area is 291 Å². The summed E-state index contributed by atoms with van der Waals surface area (Å²) < 4.78 is 12.4. The lowest BCUT2D eigenvalue weighted by Crippen LogP contribution is -2.42. The third-order valence-corrected chi connectivity index (χ3v) is 13.3. The van der Waals surface area contributed by atoms with Crippen molar-refractivity contribution >= 4 is 74.1 Å². The first-order valence-corrected chi connectivity index (χ1v) is 18.3. The minimum Gasteiger partial charge on any atom is -0.489 e. The third kappa shape index (κ3) is 5.08. The van der Waals surface area contributed by atoms with Crippen LogP contribution in [0.3, 0.4) is 0 Å². The van der Waals surface area contributed by atoms with E-state index in [0.717, 1.165) is 31.9 Å². The predicted molar refractivity (Wildman–Crippen MR) is 183 cm³/mol. The topological polar surface area (TPSA) is 106 Å². The van der Waals surface area contributed by atoms with E-state index in [1.807, 2.05) is 36.4 Å². The van der Waals surface area contributed by atoms with E-state index < -0.39 is 17.8 Å². The van der Waals surface area contributed by atoms with Crippen LogP contribution in [0, 0.1) is 29.6 Å². The van der Waals surface area contributed by atoms with Gasteiger partial charge >= 0.3 is 10.8 Å². The number of rotatable bonds is 7. The van der Waals surface area contributed by atoms with Gasteiger partial charge in [-0.05, 0) is 91.3 Å². The van der Waals surface area contributed by atoms with Gasteiger partial charge in [-0.25, -0.2) is 4.79 Å². The van der Waals surface area contributed by atoms with Gasteiger partial charge < -0.3 is 14.5 Å². The fourth-order valence-electron chi connectivity index (χ4n) is 8.22. The second-order valence-electron chi connectivity index (χ2n) is 12.3. The summed E-state index contributed by atoms with van der Waals surface area (Å²) in [6, 6.07) is 19.9. The Bertz CT molecular complexity index is 1980. The number of aromatic nitrogens is 1. The summed E-state index contributed by atoms with van der Waals surface area (Å²) in [6.07, 6.45) is 0.773. The number of benzene rings is 3. The fraction of sp³-hybridized carbons (Fsp3) is 0.314. The molecule has 3 fully saturated rings. The number of carbonyl (C=O) groups is 3. The number of nitrogens with zero attached hydrogens (tertiary/aromatic N) is 1. The van der Waals surface area contributed by atoms with Crippen LogP contribution in [0.4, 0.5) is 5.69 Å². The van der Waals surface area contributed by atoms with Gasteiger partial charge in [-0.15, -0.1) is 11.8 Å². The van der Waals surface area contributed by atoms with Gasteiger partial charge in [0.15, 0.2) is 0 Å². The zero-order chi connectivity index (χ0) is 32.6. The molecule has 2 amide bonds. The average molecular weight is 752 g/mol. The molecular formula is C35H28BrClN2O6S2. The van der Waals surface area contributed by atoms with Crippen molar-refractivity contribution in [1.29, 1.82) is 0 Å². The van der Waals surface area contributed by atoms with Gasteiger partial charge in [0.1, 0.15) is 12.4 Å². The number of hydrogen-bond acceptors (Lipinski definition) is 8. The van der Waals surface area contributed by atoms with Crippen LogP contribution in [0.15, 0.2) is 81.0 Å². The number of aromatic amines is 1. The number of thiazole rings is 1. The Balaban J connectivity index is 1.15. The maximum absolute atomic E-state index is 14.2. The van der Waals surface area contributed by atoms with E-state index in [1.54, 1.807) is 43.0 Å². The highest BCUT2D eigenvalue weighted by molar-refractivity contribution is 9.10. The average Bonchev–Trinajstić information content (AvgIpc) is 3.80. The number of amides is 2. The molecule has 12 heteroatoms. The van der Waals surface area contributed by atoms with E-state index >= 15 is 0 Å². The number of fused-ring (bicyclic) bond motifs is 9. The van der Waals surface area contributed by atoms with Crippen molar-refractivity contribution in [3.05, 3.63) is 107 Å². The van der Waals surface area contributed by atoms with E-state index in [9.17, 15) is 19.2 Å². The minimum atomic E-state index is -0.454. The second-order valence-corrected chi connectivity index (χ2v) is 15.9. The van der Waals surface area contributed by atoms with Gasteiger partial charge in [0, 0.05) is 31.1 Å². The van der Waals surface area contributed by atoms with E-state index in [-0.39, 0.29) is 52.2 Å². The molecule has 8 rings (SSSR count). The van der Waals surface area contributed by atoms with E-state index in [4.69, 9.17) is 21.1 Å². The molecule has 7 atom stereocenters. The van der Waals surface area contributed by atoms with Crippen LogP contribution in [0.2, 0.25) is 5.02 Å². The smallest absolute Gasteiger partial charge is 0.338 e. The molecule has 2 aliphatic heterocycles. The van der Waals surface area contributed by atoms with E-state index in [2.05, 4.69) is 27.0 Å². The zero-order valence-electron chi connectivity index (χ0n) is 25.0. The van der Waals surface area contributed by atoms with Crippen LogP contribution in [0.25, 0.3) is 0 Å². The molecular weight excluding hydrogens is 724 g/mol. The van der Waals surface area contributed by atoms with Gasteiger partial charge in [0.05, 0.1) is 34.7 Å². The second kappa shape index (κ2) is 11.9. The summed E-state index contributed by atoms with van der Waals surface area (Å²) >= 11 is 12.6. The molecule has 1 saturated heterocycles. The lowest BCUT2D eigenvalue weighted by atomic mass is 9.68. The van der Waals surface area contributed by atoms with Crippen LogP contribution in [-0.4, -0.2) is 34.6 Å². The highest BCUT2D eigenvalue weighted by Crippen LogP contribution is 2.69. The molecule has 5 unspecified atom stereocenters. The number of carbonyl (C=O) groups excluding carboxylic acids is 3. The molecule has 2 bridgehead atoms. The van der Waals surface area contributed by atoms with Crippen LogP contribution < -0.4 is 14.5 Å². The summed E-state index contributed by atoms with van der Waals surface area (Å²) in [7, 11) is 0. The van der Waals surface area contributed by atoms with E-state index in [0.29, 0.717) is 28.6 Å². The molecule has 3 heterocycles. The maximum atomic E-state index is 14.2. The lowest BCUT2D eigenvalue weighted by Gasteiger charge is -2.43. The molecule has 3 aromatic carbocycles. The largest absolute Gasteiger partial charge is 0.489 e. The number of imide groups is 1. The Hall–Kier alpha value is -3.38. The Morgan fingerprint density at radius 3 is 2.45 bits per heavy atom. The summed E-state index contributed by atoms with van der Waals surface area (Å²) in [6.45, 7) is 2.34. The zero-order valence-corrected chi connectivity index (χ0v) is 29.0. The van der Waals surface area contributed by atoms with Gasteiger partial charge in [0.2, 0.25) is 11.8 Å². The monoisotopic (exact) mass is 750 g/mol. The molecule has 47 heavy (non-hydrogen) atoms. The van der Waals surface area contributed by atoms with Crippen molar-refractivity contribution in [3.8, 4) is 5.75 Å². The molecule has 2 saturated carbocycles. The number of ether oxygens (including phenoxy) is 2. The number of H-pyrrole nitrogens is 1. The van der Waals surface area contributed by atoms with Crippen LogP contribution >= 0.6 is 50.6 Å². The molecule has 1 aromatic heterocycles. The number of esters is 1. The first kappa shape index (κ1) is 30.9. The van der Waals surface area contributed by atoms with Crippen molar-refractivity contribution in [2.75, 3.05) is 11.5 Å². The number of thioether (sulfide) groups is 1. The fourth-order valence-corrected chi connectivity index (χ4v) is 11.6. The van der Waals surface area contributed by atoms with Crippen molar-refractivity contribution in [1.82, 2.24) is 4.98 Å². The molecule has 4 aromatic rings. The number of anilines is 1. The van der Waals surface area contributed by atoms with Gasteiger partial charge in [-0.2, -0.15) is 0 Å². The number of hydrogen-bond donors (Lipinski definition) is 1. The van der Waals surface area contributed by atoms with E-state index in [1.165, 1.54) is 16.2 Å². The molecule has 1 N–H and O–H groups in total. The highest BCUT2D eigenvalue weighted by Gasteiger charge is 2.69. The molecule has 0 spiro atoms. The third-order valence-electron chi connectivity index (χ3n) is 9.98. The Morgan fingerprint density at radius 2 is 1.72 bits per heavy atom. The SMILES string of the molecule is CCOC(=O)c1ccc(N2C(=O)C3C(C2=O)[C@@H]2C[C@H]3C3Sc4[nH]c(=O)sc4C(c4cc(Br)ccc4OCc4ccc(Cl)cc4)C32)cc1. The molecule has 4 aliphatic rings. The summed E-state index contributed by atoms with van der Waals surface area (Å²) in [5.41, 5.74) is 2.75. The highest BCUT2D eigenvalue weighted by atomic mass is 79.9. The quantitative estimate of drug-likeness (QED) is 0.156. The van der Waals surface area contributed by atoms with Crippen molar-refractivity contribution in [3.63, 3.8) is 0 Å². The van der Waals surface area contributed by atoms with Gasteiger partial charge in [0.25, 0.3) is 0 Å². The van der Waals surface area contributed by atoms with Gasteiger partial charge in [-0.1, -0.05) is 51.0 Å². The standard InChI is InChI=1S/C35H28BrClN2O6S2/c1-2-44-34(42)17-5-10-20(11-6-17)39-32(40)27-22-14-23(28(27)33(39)41)29-26(22)25(30-31(46-29)38-35(43)47-30)21-13-18(36)7-12-24(21)45-15-16-3-8-19(37)9-4-16/h3-13,22-23,25-29H,2,14-15H2,1H3,(H,38,43)/t22-,23-,25?,26?,27?,28?,29?/m1/s1. The normalized spacial score (nSPS) is 27.0. The maximum Gasteiger partial charge on any atom is 0.338 e. The Kier molecular flexibility index (Phi) is 7.86. The van der Waals surface area contributed by atoms with Crippen LogP contribution in [0.1, 0.15) is 45.6 Å². The van der Waals surface area contributed by atoms with Crippen molar-refractivity contribution < 1.29 is 23.9 Å². The number of halogens is 2. The van der Waals surface area contributed by atoms with Crippen LogP contribution in [-0.2, 0) is 20.9 Å². The molecule has 240 valence electrons. The summed E-state index contributed by atoms with van der Waals surface area (Å²) in [5, 5.41) is 1.53. The van der Waals surface area contributed by atoms with Gasteiger partial charge in [-0.3, -0.25) is 19.3 Å². The molecule has 8 nitrogen and oxygen atoms in total. The van der Waals surface area contributed by atoms with Crippen molar-refractivity contribution in [2.24, 2.45) is 29.6 Å². The number of nitrogens with one attached hydrogen (secondary N) is 1. The Morgan fingerprint density at radius 1 is 1.00 bits per heavy atom. The molecule has 0 radical (unpaired) electrons. The van der Waals surface area contributed by atoms with Crippen molar-refractivity contribution in [2.45, 2.75) is 36.1 Å².